The van der Waals surface area contributed by atoms with Gasteiger partial charge in [-0.15, -0.1) is 0 Å². The molecule has 0 aromatic rings. The van der Waals surface area contributed by atoms with Crippen molar-refractivity contribution in [2.24, 2.45) is 0 Å². The first-order chi connectivity index (χ1) is 0. The molecule has 4 heteroatoms. The molecule has 0 fully saturated rings. The molecule has 0 aliphatic rings. The van der Waals surface area contributed by atoms with Crippen LogP contribution >= 0.6 is 0 Å². The minimum Gasteiger partial charge on any atom is -1.00 e. The van der Waals surface area contributed by atoms with Crippen molar-refractivity contribution in [1.29, 1.82) is 0 Å². The van der Waals surface area contributed by atoms with Gasteiger partial charge in [-0.3, -0.25) is 0 Å². The maximum atomic E-state index is 0. The molecule has 0 unspecified atom stereocenters. The summed E-state index contributed by atoms with van der Waals surface area (Å²) in [4.78, 5) is 0. The van der Waals surface area contributed by atoms with Gasteiger partial charge >= 0.3 is 37.7 Å². The summed E-state index contributed by atoms with van der Waals surface area (Å²) in [6, 6.07) is 0. The SMILES string of the molecule is O.[Al].[Ca+2].[Cl-]. The Labute approximate surface area is 72.0 Å². The van der Waals surface area contributed by atoms with Crippen LogP contribution in [0, 0.1) is 0 Å². The molecule has 0 spiro atoms. The van der Waals surface area contributed by atoms with E-state index in [2.05, 4.69) is 0 Å². The van der Waals surface area contributed by atoms with Gasteiger partial charge in [-0.25, -0.2) is 0 Å². The van der Waals surface area contributed by atoms with Crippen LogP contribution in [-0.4, -0.2) is 60.6 Å². The van der Waals surface area contributed by atoms with Crippen LogP contribution in [0.15, 0.2) is 0 Å². The zero-order valence-electron chi connectivity index (χ0n) is 2.16. The fraction of sp³-hybridized carbons (Fsp3) is 0. The van der Waals surface area contributed by atoms with E-state index in [0.29, 0.717) is 0 Å². The van der Waals surface area contributed by atoms with Crippen LogP contribution in [0.25, 0.3) is 0 Å². The van der Waals surface area contributed by atoms with Crippen LogP contribution in [-0.2, 0) is 0 Å². The number of rotatable bonds is 0. The van der Waals surface area contributed by atoms with Crippen molar-refractivity contribution in [1.82, 2.24) is 0 Å². The van der Waals surface area contributed by atoms with Crippen molar-refractivity contribution < 1.29 is 17.9 Å². The normalized spacial score (nSPS) is 0. The van der Waals surface area contributed by atoms with Gasteiger partial charge in [0.05, 0.1) is 0 Å². The second kappa shape index (κ2) is 19.8. The molecule has 0 amide bonds. The van der Waals surface area contributed by atoms with Crippen molar-refractivity contribution in [2.45, 2.75) is 0 Å². The zero-order valence-corrected chi connectivity index (χ0v) is 6.28. The molecule has 0 saturated carbocycles. The summed E-state index contributed by atoms with van der Waals surface area (Å²) in [5.41, 5.74) is 0. The third-order valence-corrected chi connectivity index (χ3v) is 0. The fourth-order valence-corrected chi connectivity index (χ4v) is 0. The van der Waals surface area contributed by atoms with Gasteiger partial charge in [-0.05, 0) is 0 Å². The van der Waals surface area contributed by atoms with E-state index < -0.39 is 0 Å². The van der Waals surface area contributed by atoms with Gasteiger partial charge in [-0.1, -0.05) is 0 Å². The van der Waals surface area contributed by atoms with Gasteiger partial charge in [-0.2, -0.15) is 0 Å². The van der Waals surface area contributed by atoms with Crippen LogP contribution in [0.3, 0.4) is 0 Å². The van der Waals surface area contributed by atoms with Gasteiger partial charge in [0.15, 0.2) is 0 Å². The predicted octanol–water partition coefficient (Wildman–Crippen LogP) is -4.58. The van der Waals surface area contributed by atoms with E-state index in [4.69, 9.17) is 0 Å². The van der Waals surface area contributed by atoms with E-state index in [1.807, 2.05) is 0 Å². The van der Waals surface area contributed by atoms with Gasteiger partial charge in [0.25, 0.3) is 0 Å². The number of hydrogen-bond acceptors (Lipinski definition) is 0. The molecular weight excluding hydrogens is 119 g/mol. The van der Waals surface area contributed by atoms with Crippen LogP contribution < -0.4 is 12.4 Å². The Kier molecular flexibility index (Phi) is 182. The average Bonchev–Trinajstić information content (AvgIpc) is 0. The Balaban J connectivity index is 0. The minimum atomic E-state index is 0. The monoisotopic (exact) mass is 120 g/mol. The Morgan fingerprint density at radius 1 is 1.00 bits per heavy atom. The van der Waals surface area contributed by atoms with E-state index in [-0.39, 0.29) is 73.0 Å². The second-order valence-electron chi connectivity index (χ2n) is 0. The van der Waals surface area contributed by atoms with Crippen molar-refractivity contribution >= 4 is 55.1 Å². The molecular formula is H2AlCaClO+. The van der Waals surface area contributed by atoms with Crippen molar-refractivity contribution in [2.75, 3.05) is 0 Å². The third-order valence-electron chi connectivity index (χ3n) is 0. The van der Waals surface area contributed by atoms with E-state index in [1.165, 1.54) is 0 Å². The maximum Gasteiger partial charge on any atom is 2.00 e. The molecule has 3 radical (unpaired) electrons. The smallest absolute Gasteiger partial charge is 1.00 e. The Hall–Kier alpha value is 2.04. The van der Waals surface area contributed by atoms with Crippen LogP contribution in [0.2, 0.25) is 0 Å². The first-order valence-electron chi connectivity index (χ1n) is 0. The average molecular weight is 121 g/mol. The molecule has 0 aliphatic heterocycles. The van der Waals surface area contributed by atoms with Crippen molar-refractivity contribution in [3.8, 4) is 0 Å². The minimum absolute atomic E-state index is 0. The predicted molar refractivity (Wildman–Crippen MR) is 15.1 cm³/mol. The molecule has 0 aliphatic carbocycles. The van der Waals surface area contributed by atoms with E-state index in [9.17, 15) is 0 Å². The van der Waals surface area contributed by atoms with Crippen LogP contribution in [0.4, 0.5) is 0 Å². The first-order valence-corrected chi connectivity index (χ1v) is 0. The largest absolute Gasteiger partial charge is 2.00 e. The van der Waals surface area contributed by atoms with Gasteiger partial charge in [0.1, 0.15) is 0 Å². The van der Waals surface area contributed by atoms with E-state index in [1.54, 1.807) is 0 Å². The Bertz CT molecular complexity index is 8.00. The van der Waals surface area contributed by atoms with Gasteiger partial charge < -0.3 is 17.9 Å². The summed E-state index contributed by atoms with van der Waals surface area (Å²) in [5, 5.41) is 0. The zero-order chi connectivity index (χ0) is 0. The van der Waals surface area contributed by atoms with Crippen LogP contribution in [0.5, 0.6) is 0 Å². The summed E-state index contributed by atoms with van der Waals surface area (Å²) >= 11 is 0. The second-order valence-corrected chi connectivity index (χ2v) is 0. The Morgan fingerprint density at radius 2 is 1.00 bits per heavy atom. The fourth-order valence-electron chi connectivity index (χ4n) is 0. The molecule has 0 saturated heterocycles. The molecule has 0 aromatic heterocycles. The molecule has 0 atom stereocenters. The molecule has 0 bridgehead atoms. The molecule has 4 heavy (non-hydrogen) atoms. The summed E-state index contributed by atoms with van der Waals surface area (Å²) in [7, 11) is 0. The topological polar surface area (TPSA) is 31.5 Å². The molecule has 0 rings (SSSR count). The van der Waals surface area contributed by atoms with Crippen molar-refractivity contribution in [3.05, 3.63) is 0 Å². The summed E-state index contributed by atoms with van der Waals surface area (Å²) in [6.07, 6.45) is 0. The number of halogens is 1. The quantitative estimate of drug-likeness (QED) is 0.288. The maximum absolute atomic E-state index is 0. The number of hydrogen-bond donors (Lipinski definition) is 0. The van der Waals surface area contributed by atoms with Gasteiger partial charge in [0, 0.05) is 17.4 Å². The molecule has 1 nitrogen and oxygen atoms in total. The van der Waals surface area contributed by atoms with Crippen molar-refractivity contribution in [3.63, 3.8) is 0 Å². The molecule has 19 valence electrons. The van der Waals surface area contributed by atoms with E-state index in [0.717, 1.165) is 0 Å². The molecule has 0 aromatic carbocycles. The van der Waals surface area contributed by atoms with Gasteiger partial charge in [0.2, 0.25) is 0 Å². The third kappa shape index (κ3) is 8.97. The summed E-state index contributed by atoms with van der Waals surface area (Å²) in [6.45, 7) is 0. The molecule has 0 heterocycles. The molecule has 2 N–H and O–H groups in total. The summed E-state index contributed by atoms with van der Waals surface area (Å²) < 4.78 is 0. The first kappa shape index (κ1) is 36.8. The van der Waals surface area contributed by atoms with E-state index >= 15 is 0 Å². The standard InChI is InChI=1S/Al.Ca.ClH.H2O/h;;1H;1H2/q;+2;;/p-1. The van der Waals surface area contributed by atoms with Crippen LogP contribution in [0.1, 0.15) is 0 Å². The summed E-state index contributed by atoms with van der Waals surface area (Å²) in [5.74, 6) is 0. The Morgan fingerprint density at radius 3 is 1.00 bits per heavy atom.